The van der Waals surface area contributed by atoms with Crippen molar-refractivity contribution >= 4 is 23.0 Å². The number of aromatic nitrogens is 3. The summed E-state index contributed by atoms with van der Waals surface area (Å²) < 4.78 is 0. The Morgan fingerprint density at radius 2 is 1.89 bits per heavy atom. The van der Waals surface area contributed by atoms with Crippen LogP contribution in [0.5, 0.6) is 0 Å². The molecule has 190 valence electrons. The largest absolute Gasteiger partial charge is 0.481 e. The van der Waals surface area contributed by atoms with Crippen LogP contribution < -0.4 is 0 Å². The van der Waals surface area contributed by atoms with E-state index in [9.17, 15) is 9.59 Å². The van der Waals surface area contributed by atoms with E-state index >= 15 is 0 Å². The Labute approximate surface area is 216 Å². The van der Waals surface area contributed by atoms with E-state index in [2.05, 4.69) is 33.9 Å². The number of amides is 1. The molecule has 0 saturated heterocycles. The number of rotatable bonds is 6. The summed E-state index contributed by atoms with van der Waals surface area (Å²) in [5.74, 6) is -0.787. The quantitative estimate of drug-likeness (QED) is 0.408. The Morgan fingerprint density at radius 1 is 1.11 bits per heavy atom. The van der Waals surface area contributed by atoms with Gasteiger partial charge in [0.05, 0.1) is 18.3 Å². The third-order valence-electron chi connectivity index (χ3n) is 7.13. The zero-order valence-electron chi connectivity index (χ0n) is 21.6. The van der Waals surface area contributed by atoms with Gasteiger partial charge in [-0.2, -0.15) is 0 Å². The summed E-state index contributed by atoms with van der Waals surface area (Å²) in [5.41, 5.74) is 10.6. The van der Waals surface area contributed by atoms with Gasteiger partial charge in [-0.05, 0) is 66.3 Å². The number of fused-ring (bicyclic) bond motifs is 2. The van der Waals surface area contributed by atoms with Crippen LogP contribution in [0.2, 0.25) is 0 Å². The van der Waals surface area contributed by atoms with E-state index in [0.29, 0.717) is 17.8 Å². The summed E-state index contributed by atoms with van der Waals surface area (Å²) in [5, 5.41) is 9.06. The molecule has 1 aliphatic heterocycles. The van der Waals surface area contributed by atoms with E-state index in [0.717, 1.165) is 53.0 Å². The Balaban J connectivity index is 1.49. The fourth-order valence-electron chi connectivity index (χ4n) is 5.13. The number of H-pyrrole nitrogens is 1. The van der Waals surface area contributed by atoms with Crippen molar-refractivity contribution in [2.45, 2.75) is 33.2 Å². The average Bonchev–Trinajstić information content (AvgIpc) is 3.30. The summed E-state index contributed by atoms with van der Waals surface area (Å²) in [6.07, 6.45) is 4.77. The first-order valence-corrected chi connectivity index (χ1v) is 12.4. The summed E-state index contributed by atoms with van der Waals surface area (Å²) in [6, 6.07) is 10.2. The highest BCUT2D eigenvalue weighted by atomic mass is 16.4. The van der Waals surface area contributed by atoms with Gasteiger partial charge in [-0.25, -0.2) is 9.97 Å². The molecule has 0 saturated carbocycles. The first kappa shape index (κ1) is 24.6. The fourth-order valence-corrected chi connectivity index (χ4v) is 5.13. The average molecular weight is 498 g/mol. The lowest BCUT2D eigenvalue weighted by Crippen LogP contribution is -2.32. The Bertz CT molecular complexity index is 1520. The topological polar surface area (TPSA) is 102 Å². The smallest absolute Gasteiger partial charge is 0.304 e. The number of aliphatic carboxylic acids is 1. The van der Waals surface area contributed by atoms with Crippen molar-refractivity contribution < 1.29 is 14.7 Å². The molecule has 2 N–H and O–H groups in total. The van der Waals surface area contributed by atoms with E-state index in [-0.39, 0.29) is 12.3 Å². The van der Waals surface area contributed by atoms with Gasteiger partial charge in [0, 0.05) is 56.6 Å². The molecule has 1 amide bonds. The van der Waals surface area contributed by atoms with E-state index in [1.807, 2.05) is 31.3 Å². The molecule has 1 aliphatic rings. The molecule has 8 nitrogen and oxygen atoms in total. The van der Waals surface area contributed by atoms with Gasteiger partial charge in [0.2, 0.25) is 0 Å². The van der Waals surface area contributed by atoms with Crippen molar-refractivity contribution in [1.82, 2.24) is 24.8 Å². The number of carbonyl (C=O) groups is 2. The molecule has 4 aromatic rings. The third kappa shape index (κ3) is 4.84. The molecule has 2 aromatic carbocycles. The lowest BCUT2D eigenvalue weighted by Gasteiger charge is -2.29. The number of hydrogen-bond acceptors (Lipinski definition) is 5. The molecule has 5 rings (SSSR count). The van der Waals surface area contributed by atoms with Gasteiger partial charge in [0.25, 0.3) is 5.91 Å². The van der Waals surface area contributed by atoms with Gasteiger partial charge in [-0.15, -0.1) is 0 Å². The van der Waals surface area contributed by atoms with Crippen LogP contribution in [-0.4, -0.2) is 68.9 Å². The van der Waals surface area contributed by atoms with Gasteiger partial charge >= 0.3 is 5.97 Å². The van der Waals surface area contributed by atoms with Crippen LogP contribution in [0.3, 0.4) is 0 Å². The van der Waals surface area contributed by atoms with Crippen LogP contribution in [0.15, 0.2) is 42.7 Å². The molecule has 0 aliphatic carbocycles. The molecular formula is C29H31N5O3. The minimum absolute atomic E-state index is 0.0191. The number of aromatic amines is 1. The van der Waals surface area contributed by atoms with Crippen molar-refractivity contribution in [3.63, 3.8) is 0 Å². The van der Waals surface area contributed by atoms with Crippen molar-refractivity contribution in [3.8, 4) is 22.4 Å². The number of hydrogen-bond donors (Lipinski definition) is 2. The zero-order valence-corrected chi connectivity index (χ0v) is 21.6. The molecule has 8 heteroatoms. The molecule has 3 heterocycles. The predicted octanol–water partition coefficient (Wildman–Crippen LogP) is 4.44. The first-order valence-electron chi connectivity index (χ1n) is 12.4. The predicted molar refractivity (Wildman–Crippen MR) is 143 cm³/mol. The van der Waals surface area contributed by atoms with E-state index in [1.165, 1.54) is 16.7 Å². The standard InChI is InChI=1S/C29H31N5O3/c1-17-12-20(13-21-16-34(9-7-22(17)21)10-8-26(35)36)25-15-31-28-27(32-25)24(14-30-28)19-5-6-23(18(2)11-19)29(37)33(3)4/h5-6,11-15H,7-10,16H2,1-4H3,(H,30,31)(H,35,36). The second-order valence-corrected chi connectivity index (χ2v) is 9.98. The molecule has 0 spiro atoms. The number of aryl methyl sites for hydroxylation is 2. The van der Waals surface area contributed by atoms with E-state index in [1.54, 1.807) is 25.2 Å². The van der Waals surface area contributed by atoms with Gasteiger partial charge in [0.15, 0.2) is 5.65 Å². The number of nitrogens with zero attached hydrogens (tertiary/aromatic N) is 4. The van der Waals surface area contributed by atoms with Crippen molar-refractivity contribution in [2.75, 3.05) is 27.2 Å². The first-order chi connectivity index (χ1) is 17.7. The lowest BCUT2D eigenvalue weighted by molar-refractivity contribution is -0.137. The maximum absolute atomic E-state index is 12.5. The van der Waals surface area contributed by atoms with Crippen LogP contribution in [0, 0.1) is 13.8 Å². The minimum atomic E-state index is -0.768. The van der Waals surface area contributed by atoms with Gasteiger partial charge < -0.3 is 15.0 Å². The Hall–Kier alpha value is -4.04. The summed E-state index contributed by atoms with van der Waals surface area (Å²) in [4.78, 5) is 40.1. The molecule has 0 atom stereocenters. The van der Waals surface area contributed by atoms with E-state index in [4.69, 9.17) is 10.1 Å². The van der Waals surface area contributed by atoms with E-state index < -0.39 is 5.97 Å². The van der Waals surface area contributed by atoms with Gasteiger partial charge in [0.1, 0.15) is 5.52 Å². The maximum atomic E-state index is 12.5. The van der Waals surface area contributed by atoms with Crippen LogP contribution >= 0.6 is 0 Å². The molecule has 0 bridgehead atoms. The second-order valence-electron chi connectivity index (χ2n) is 9.98. The number of benzene rings is 2. The monoisotopic (exact) mass is 497 g/mol. The van der Waals surface area contributed by atoms with Crippen LogP contribution in [-0.2, 0) is 17.8 Å². The van der Waals surface area contributed by atoms with Crippen LogP contribution in [0.1, 0.15) is 39.0 Å². The molecule has 37 heavy (non-hydrogen) atoms. The number of carbonyl (C=O) groups excluding carboxylic acids is 1. The highest BCUT2D eigenvalue weighted by Crippen LogP contribution is 2.32. The summed E-state index contributed by atoms with van der Waals surface area (Å²) in [6.45, 7) is 6.23. The molecule has 2 aromatic heterocycles. The van der Waals surface area contributed by atoms with Crippen molar-refractivity contribution in [3.05, 3.63) is 70.5 Å². The second kappa shape index (κ2) is 9.78. The SMILES string of the molecule is Cc1cc(-c2c[nH]c3ncc(-c4cc(C)c5c(c4)CN(CCC(=O)O)CC5)nc23)ccc1C(=O)N(C)C. The maximum Gasteiger partial charge on any atom is 0.304 e. The number of carboxylic acid groups (broad SMARTS) is 1. The van der Waals surface area contributed by atoms with Crippen molar-refractivity contribution in [1.29, 1.82) is 0 Å². The molecule has 0 fully saturated rings. The highest BCUT2D eigenvalue weighted by molar-refractivity contribution is 5.97. The summed E-state index contributed by atoms with van der Waals surface area (Å²) >= 11 is 0. The normalized spacial score (nSPS) is 13.5. The molecule has 0 unspecified atom stereocenters. The van der Waals surface area contributed by atoms with Crippen molar-refractivity contribution in [2.24, 2.45) is 0 Å². The summed E-state index contributed by atoms with van der Waals surface area (Å²) in [7, 11) is 3.50. The lowest BCUT2D eigenvalue weighted by atomic mass is 9.92. The fraction of sp³-hybridized carbons (Fsp3) is 0.310. The molecule has 0 radical (unpaired) electrons. The highest BCUT2D eigenvalue weighted by Gasteiger charge is 2.20. The third-order valence-corrected chi connectivity index (χ3v) is 7.13. The molecular weight excluding hydrogens is 466 g/mol. The van der Waals surface area contributed by atoms with Crippen LogP contribution in [0.25, 0.3) is 33.5 Å². The Morgan fingerprint density at radius 3 is 2.62 bits per heavy atom. The van der Waals surface area contributed by atoms with Crippen LogP contribution in [0.4, 0.5) is 0 Å². The zero-order chi connectivity index (χ0) is 26.3. The minimum Gasteiger partial charge on any atom is -0.481 e. The number of carboxylic acids is 1. The Kier molecular flexibility index (Phi) is 6.52. The van der Waals surface area contributed by atoms with Gasteiger partial charge in [-0.3, -0.25) is 14.5 Å². The van der Waals surface area contributed by atoms with Gasteiger partial charge in [-0.1, -0.05) is 12.1 Å². The number of nitrogens with one attached hydrogen (secondary N) is 1.